The molecule has 21 heavy (non-hydrogen) atoms. The second kappa shape index (κ2) is 6.79. The standard InChI is InChI=1S/C11H20O10/c12-1-4-5(14)6(15)7(16)11(20-4)21-9-3(13)2-19-10(18)8(9)17/h3-18H,1-2H2/t3-,4-,5-,6+,7+,8-,9+,10+,11-/m0/s1. The predicted octanol–water partition coefficient (Wildman–Crippen LogP) is -4.76. The Kier molecular flexibility index (Phi) is 5.48. The fraction of sp³-hybridized carbons (Fsp3) is 1.00. The summed E-state index contributed by atoms with van der Waals surface area (Å²) in [6.07, 6.45) is -13.3. The number of ether oxygens (including phenoxy) is 3. The van der Waals surface area contributed by atoms with E-state index in [2.05, 4.69) is 4.74 Å². The van der Waals surface area contributed by atoms with Gasteiger partial charge in [-0.3, -0.25) is 0 Å². The Morgan fingerprint density at radius 1 is 0.905 bits per heavy atom. The maximum absolute atomic E-state index is 9.79. The van der Waals surface area contributed by atoms with Crippen LogP contribution in [0.5, 0.6) is 0 Å². The lowest BCUT2D eigenvalue weighted by atomic mass is 9.98. The van der Waals surface area contributed by atoms with Gasteiger partial charge in [0.1, 0.15) is 42.7 Å². The number of rotatable bonds is 3. The van der Waals surface area contributed by atoms with Crippen molar-refractivity contribution in [3.05, 3.63) is 0 Å². The van der Waals surface area contributed by atoms with E-state index in [1.54, 1.807) is 0 Å². The third kappa shape index (κ3) is 3.35. The Bertz CT molecular complexity index is 339. The zero-order valence-electron chi connectivity index (χ0n) is 11.0. The highest BCUT2D eigenvalue weighted by molar-refractivity contribution is 4.91. The molecule has 0 bridgehead atoms. The van der Waals surface area contributed by atoms with Gasteiger partial charge in [-0.15, -0.1) is 0 Å². The molecule has 124 valence electrons. The molecule has 9 atom stereocenters. The summed E-state index contributed by atoms with van der Waals surface area (Å²) in [5.41, 5.74) is 0. The largest absolute Gasteiger partial charge is 0.394 e. The van der Waals surface area contributed by atoms with Crippen molar-refractivity contribution < 1.29 is 50.0 Å². The molecule has 0 aromatic carbocycles. The molecule has 0 aromatic rings. The number of aliphatic hydroxyl groups excluding tert-OH is 7. The zero-order valence-corrected chi connectivity index (χ0v) is 11.0. The lowest BCUT2D eigenvalue weighted by Gasteiger charge is -2.43. The summed E-state index contributed by atoms with van der Waals surface area (Å²) in [5.74, 6) is 0. The molecule has 7 N–H and O–H groups in total. The van der Waals surface area contributed by atoms with Crippen LogP contribution in [0.15, 0.2) is 0 Å². The van der Waals surface area contributed by atoms with Gasteiger partial charge in [0.15, 0.2) is 12.6 Å². The first-order valence-electron chi connectivity index (χ1n) is 6.48. The molecule has 0 aromatic heterocycles. The van der Waals surface area contributed by atoms with E-state index >= 15 is 0 Å². The summed E-state index contributed by atoms with van der Waals surface area (Å²) in [5, 5.41) is 66.8. The van der Waals surface area contributed by atoms with Crippen LogP contribution >= 0.6 is 0 Å². The van der Waals surface area contributed by atoms with Crippen molar-refractivity contribution in [2.75, 3.05) is 13.2 Å². The minimum atomic E-state index is -1.66. The summed E-state index contributed by atoms with van der Waals surface area (Å²) >= 11 is 0. The van der Waals surface area contributed by atoms with Gasteiger partial charge in [-0.1, -0.05) is 0 Å². The molecule has 10 heteroatoms. The molecule has 2 aliphatic rings. The number of aliphatic hydroxyl groups is 7. The van der Waals surface area contributed by atoms with Crippen molar-refractivity contribution in [1.29, 1.82) is 0 Å². The molecule has 2 aliphatic heterocycles. The zero-order chi connectivity index (χ0) is 15.7. The smallest absolute Gasteiger partial charge is 0.187 e. The minimum absolute atomic E-state index is 0.305. The van der Waals surface area contributed by atoms with Crippen molar-refractivity contribution >= 4 is 0 Å². The topological polar surface area (TPSA) is 169 Å². The fourth-order valence-electron chi connectivity index (χ4n) is 2.29. The SMILES string of the molecule is OC[C@@H]1O[C@@H](O[C@H]2[C@H](O)[C@H](O)OC[C@@H]2O)[C@H](O)[C@H](O)[C@H]1O. The van der Waals surface area contributed by atoms with Crippen LogP contribution < -0.4 is 0 Å². The lowest BCUT2D eigenvalue weighted by Crippen LogP contribution is -2.62. The summed E-state index contributed by atoms with van der Waals surface area (Å²) < 4.78 is 15.0. The highest BCUT2D eigenvalue weighted by Crippen LogP contribution is 2.26. The van der Waals surface area contributed by atoms with Crippen molar-refractivity contribution in [1.82, 2.24) is 0 Å². The molecule has 0 aliphatic carbocycles. The molecular weight excluding hydrogens is 292 g/mol. The summed E-state index contributed by atoms with van der Waals surface area (Å²) in [7, 11) is 0. The predicted molar refractivity (Wildman–Crippen MR) is 62.6 cm³/mol. The Hall–Kier alpha value is -0.400. The summed E-state index contributed by atoms with van der Waals surface area (Å²) in [6, 6.07) is 0. The average molecular weight is 312 g/mol. The van der Waals surface area contributed by atoms with E-state index in [1.165, 1.54) is 0 Å². The molecule has 2 fully saturated rings. The van der Waals surface area contributed by atoms with Gasteiger partial charge in [0.2, 0.25) is 0 Å². The Labute approximate surface area is 119 Å². The van der Waals surface area contributed by atoms with Gasteiger partial charge in [0.05, 0.1) is 13.2 Å². The quantitative estimate of drug-likeness (QED) is 0.268. The second-order valence-electron chi connectivity index (χ2n) is 5.08. The molecule has 2 saturated heterocycles. The molecule has 0 amide bonds. The molecule has 10 nitrogen and oxygen atoms in total. The molecule has 0 radical (unpaired) electrons. The van der Waals surface area contributed by atoms with Gasteiger partial charge in [-0.2, -0.15) is 0 Å². The minimum Gasteiger partial charge on any atom is -0.394 e. The third-order valence-electron chi connectivity index (χ3n) is 3.59. The van der Waals surface area contributed by atoms with Gasteiger partial charge < -0.3 is 50.0 Å². The van der Waals surface area contributed by atoms with E-state index in [1.807, 2.05) is 0 Å². The first-order valence-corrected chi connectivity index (χ1v) is 6.48. The van der Waals surface area contributed by atoms with Gasteiger partial charge >= 0.3 is 0 Å². The van der Waals surface area contributed by atoms with Crippen LogP contribution in [0, 0.1) is 0 Å². The van der Waals surface area contributed by atoms with Gasteiger partial charge in [0, 0.05) is 0 Å². The fourth-order valence-corrected chi connectivity index (χ4v) is 2.29. The highest BCUT2D eigenvalue weighted by atomic mass is 16.7. The molecule has 2 heterocycles. The molecular formula is C11H20O10. The Morgan fingerprint density at radius 3 is 2.19 bits per heavy atom. The monoisotopic (exact) mass is 312 g/mol. The van der Waals surface area contributed by atoms with Gasteiger partial charge in [0.25, 0.3) is 0 Å². The maximum Gasteiger partial charge on any atom is 0.187 e. The highest BCUT2D eigenvalue weighted by Gasteiger charge is 2.48. The summed E-state index contributed by atoms with van der Waals surface area (Å²) in [4.78, 5) is 0. The van der Waals surface area contributed by atoms with E-state index < -0.39 is 61.9 Å². The first kappa shape index (κ1) is 17.0. The van der Waals surface area contributed by atoms with Crippen molar-refractivity contribution in [3.63, 3.8) is 0 Å². The third-order valence-corrected chi connectivity index (χ3v) is 3.59. The van der Waals surface area contributed by atoms with Crippen molar-refractivity contribution in [2.24, 2.45) is 0 Å². The number of hydrogen-bond acceptors (Lipinski definition) is 10. The van der Waals surface area contributed by atoms with Gasteiger partial charge in [-0.05, 0) is 0 Å². The molecule has 2 rings (SSSR count). The first-order chi connectivity index (χ1) is 9.86. The van der Waals surface area contributed by atoms with Crippen LogP contribution in [0.3, 0.4) is 0 Å². The van der Waals surface area contributed by atoms with E-state index in [0.717, 1.165) is 0 Å². The van der Waals surface area contributed by atoms with Crippen LogP contribution in [0.4, 0.5) is 0 Å². The second-order valence-corrected chi connectivity index (χ2v) is 5.08. The Balaban J connectivity index is 2.06. The van der Waals surface area contributed by atoms with Crippen LogP contribution in [-0.4, -0.2) is 104 Å². The molecule has 0 saturated carbocycles. The maximum atomic E-state index is 9.79. The molecule has 0 spiro atoms. The van der Waals surface area contributed by atoms with E-state index in [0.29, 0.717) is 0 Å². The van der Waals surface area contributed by atoms with Crippen molar-refractivity contribution in [3.8, 4) is 0 Å². The van der Waals surface area contributed by atoms with E-state index in [-0.39, 0.29) is 6.61 Å². The Morgan fingerprint density at radius 2 is 1.57 bits per heavy atom. The van der Waals surface area contributed by atoms with Gasteiger partial charge in [-0.25, -0.2) is 0 Å². The summed E-state index contributed by atoms with van der Waals surface area (Å²) in [6.45, 7) is -0.938. The van der Waals surface area contributed by atoms with Crippen LogP contribution in [0.25, 0.3) is 0 Å². The molecule has 0 unspecified atom stereocenters. The average Bonchev–Trinajstić information content (AvgIpc) is 2.47. The van der Waals surface area contributed by atoms with Crippen LogP contribution in [0.2, 0.25) is 0 Å². The van der Waals surface area contributed by atoms with Crippen LogP contribution in [-0.2, 0) is 14.2 Å². The van der Waals surface area contributed by atoms with Crippen molar-refractivity contribution in [2.45, 2.75) is 55.3 Å². The van der Waals surface area contributed by atoms with Crippen LogP contribution in [0.1, 0.15) is 0 Å². The normalized spacial score (nSPS) is 51.9. The lowest BCUT2D eigenvalue weighted by molar-refractivity contribution is -0.345. The van der Waals surface area contributed by atoms with E-state index in [9.17, 15) is 30.6 Å². The number of hydrogen-bond donors (Lipinski definition) is 7. The van der Waals surface area contributed by atoms with E-state index in [4.69, 9.17) is 14.6 Å².